The van der Waals surface area contributed by atoms with Gasteiger partial charge in [-0.1, -0.05) is 0 Å². The topological polar surface area (TPSA) is 89.3 Å². The first-order valence-corrected chi connectivity index (χ1v) is 7.59. The average Bonchev–Trinajstić information content (AvgIpc) is 3.00. The SMILES string of the molecule is COc1ccc2c(-n3cc(CNS(=O)O)cn3)ccnc2c1. The van der Waals surface area contributed by atoms with E-state index in [0.717, 1.165) is 27.9 Å². The van der Waals surface area contributed by atoms with Crippen LogP contribution in [0.25, 0.3) is 16.6 Å². The Morgan fingerprint density at radius 2 is 2.27 bits per heavy atom. The first-order chi connectivity index (χ1) is 10.7. The Kier molecular flexibility index (Phi) is 4.14. The summed E-state index contributed by atoms with van der Waals surface area (Å²) in [6.07, 6.45) is 5.16. The van der Waals surface area contributed by atoms with Gasteiger partial charge in [0.1, 0.15) is 5.75 Å². The highest BCUT2D eigenvalue weighted by molar-refractivity contribution is 7.77. The maximum Gasteiger partial charge on any atom is 0.232 e. The third-order valence-electron chi connectivity index (χ3n) is 3.21. The molecule has 0 saturated carbocycles. The summed E-state index contributed by atoms with van der Waals surface area (Å²) in [5.74, 6) is 0.743. The number of fused-ring (bicyclic) bond motifs is 1. The highest BCUT2D eigenvalue weighted by Gasteiger charge is 2.07. The van der Waals surface area contributed by atoms with Crippen molar-refractivity contribution in [2.75, 3.05) is 7.11 Å². The van der Waals surface area contributed by atoms with Crippen LogP contribution >= 0.6 is 0 Å². The summed E-state index contributed by atoms with van der Waals surface area (Å²) < 4.78 is 28.7. The number of ether oxygens (including phenoxy) is 1. The quantitative estimate of drug-likeness (QED) is 0.698. The summed E-state index contributed by atoms with van der Waals surface area (Å²) in [4.78, 5) is 4.34. The second-order valence-electron chi connectivity index (χ2n) is 4.58. The van der Waals surface area contributed by atoms with Crippen molar-refractivity contribution < 1.29 is 13.5 Å². The van der Waals surface area contributed by atoms with Gasteiger partial charge in [-0.2, -0.15) is 5.10 Å². The van der Waals surface area contributed by atoms with Crippen LogP contribution in [0, 0.1) is 0 Å². The van der Waals surface area contributed by atoms with Crippen molar-refractivity contribution >= 4 is 22.2 Å². The molecule has 3 rings (SSSR count). The minimum Gasteiger partial charge on any atom is -0.497 e. The van der Waals surface area contributed by atoms with Gasteiger partial charge in [0.05, 0.1) is 24.5 Å². The van der Waals surface area contributed by atoms with Gasteiger partial charge in [-0.15, -0.1) is 0 Å². The lowest BCUT2D eigenvalue weighted by Gasteiger charge is -2.07. The van der Waals surface area contributed by atoms with Crippen LogP contribution in [-0.2, 0) is 17.8 Å². The van der Waals surface area contributed by atoms with Gasteiger partial charge in [0, 0.05) is 36.0 Å². The molecule has 3 aromatic rings. The Bertz CT molecular complexity index is 834. The molecule has 0 bridgehead atoms. The van der Waals surface area contributed by atoms with Crippen LogP contribution < -0.4 is 9.46 Å². The molecule has 0 spiro atoms. The molecule has 2 aromatic heterocycles. The van der Waals surface area contributed by atoms with Crippen LogP contribution in [0.1, 0.15) is 5.56 Å². The monoisotopic (exact) mass is 318 g/mol. The molecule has 22 heavy (non-hydrogen) atoms. The van der Waals surface area contributed by atoms with Crippen LogP contribution in [0.4, 0.5) is 0 Å². The van der Waals surface area contributed by atoms with E-state index in [1.807, 2.05) is 24.3 Å². The first kappa shape index (κ1) is 14.6. The largest absolute Gasteiger partial charge is 0.497 e. The lowest BCUT2D eigenvalue weighted by Crippen LogP contribution is -2.14. The van der Waals surface area contributed by atoms with E-state index in [2.05, 4.69) is 14.8 Å². The lowest BCUT2D eigenvalue weighted by atomic mass is 10.2. The lowest BCUT2D eigenvalue weighted by molar-refractivity contribution is 0.415. The van der Waals surface area contributed by atoms with Gasteiger partial charge in [0.15, 0.2) is 0 Å². The molecule has 0 radical (unpaired) electrons. The van der Waals surface area contributed by atoms with Gasteiger partial charge >= 0.3 is 0 Å². The molecule has 0 aliphatic rings. The highest BCUT2D eigenvalue weighted by Crippen LogP contribution is 2.24. The fraction of sp³-hybridized carbons (Fsp3) is 0.143. The summed E-state index contributed by atoms with van der Waals surface area (Å²) >= 11 is -2.04. The Labute approximate surface area is 129 Å². The van der Waals surface area contributed by atoms with E-state index in [4.69, 9.17) is 9.29 Å². The molecule has 1 aromatic carbocycles. The number of nitrogens with one attached hydrogen (secondary N) is 1. The Balaban J connectivity index is 1.97. The molecule has 114 valence electrons. The van der Waals surface area contributed by atoms with Gasteiger partial charge in [0.2, 0.25) is 11.3 Å². The molecule has 0 fully saturated rings. The van der Waals surface area contributed by atoms with Crippen LogP contribution in [0.3, 0.4) is 0 Å². The molecule has 8 heteroatoms. The van der Waals surface area contributed by atoms with Gasteiger partial charge in [-0.25, -0.2) is 13.6 Å². The van der Waals surface area contributed by atoms with E-state index in [9.17, 15) is 4.21 Å². The van der Waals surface area contributed by atoms with E-state index >= 15 is 0 Å². The summed E-state index contributed by atoms with van der Waals surface area (Å²) in [5, 5.41) is 5.24. The highest BCUT2D eigenvalue weighted by atomic mass is 32.2. The second kappa shape index (κ2) is 6.22. The number of hydrogen-bond acceptors (Lipinski definition) is 4. The zero-order valence-electron chi connectivity index (χ0n) is 11.8. The average molecular weight is 318 g/mol. The maximum atomic E-state index is 10.6. The molecule has 2 heterocycles. The van der Waals surface area contributed by atoms with Crippen molar-refractivity contribution in [3.8, 4) is 11.4 Å². The second-order valence-corrected chi connectivity index (χ2v) is 5.36. The van der Waals surface area contributed by atoms with Crippen LogP contribution in [0.2, 0.25) is 0 Å². The van der Waals surface area contributed by atoms with Crippen LogP contribution in [-0.4, -0.2) is 30.6 Å². The smallest absolute Gasteiger partial charge is 0.232 e. The third-order valence-corrected chi connectivity index (χ3v) is 3.60. The van der Waals surface area contributed by atoms with Gasteiger partial charge in [-0.3, -0.25) is 9.54 Å². The van der Waals surface area contributed by atoms with Crippen LogP contribution in [0.15, 0.2) is 42.9 Å². The van der Waals surface area contributed by atoms with Crippen LogP contribution in [0.5, 0.6) is 5.75 Å². The molecule has 1 atom stereocenters. The fourth-order valence-electron chi connectivity index (χ4n) is 2.17. The number of hydrogen-bond donors (Lipinski definition) is 2. The maximum absolute atomic E-state index is 10.6. The standard InChI is InChI=1S/C14H14N4O3S/c1-21-11-2-3-12-13(6-11)15-5-4-14(12)18-9-10(7-16-18)8-17-22(19)20/h2-7,9,17H,8H2,1H3,(H,19,20). The number of nitrogens with zero attached hydrogens (tertiary/aromatic N) is 3. The van der Waals surface area contributed by atoms with Crippen molar-refractivity contribution in [1.82, 2.24) is 19.5 Å². The number of methoxy groups -OCH3 is 1. The minimum atomic E-state index is -2.04. The number of rotatable bonds is 5. The van der Waals surface area contributed by atoms with E-state index in [0.29, 0.717) is 0 Å². The van der Waals surface area contributed by atoms with E-state index in [-0.39, 0.29) is 6.54 Å². The Morgan fingerprint density at radius 3 is 3.05 bits per heavy atom. The molecule has 7 nitrogen and oxygen atoms in total. The van der Waals surface area contributed by atoms with Crippen molar-refractivity contribution in [3.63, 3.8) is 0 Å². The molecule has 2 N–H and O–H groups in total. The van der Waals surface area contributed by atoms with Gasteiger partial charge < -0.3 is 4.74 Å². The predicted molar refractivity (Wildman–Crippen MR) is 83.0 cm³/mol. The number of benzene rings is 1. The minimum absolute atomic E-state index is 0.264. The molecule has 1 unspecified atom stereocenters. The predicted octanol–water partition coefficient (Wildman–Crippen LogP) is 1.66. The van der Waals surface area contributed by atoms with Gasteiger partial charge in [-0.05, 0) is 18.2 Å². The molecule has 0 aliphatic carbocycles. The zero-order valence-corrected chi connectivity index (χ0v) is 12.6. The van der Waals surface area contributed by atoms with E-state index in [1.165, 1.54) is 0 Å². The molecule has 0 saturated heterocycles. The Morgan fingerprint density at radius 1 is 1.41 bits per heavy atom. The molecule has 0 aliphatic heterocycles. The van der Waals surface area contributed by atoms with Crippen molar-refractivity contribution in [2.45, 2.75) is 6.54 Å². The summed E-state index contributed by atoms with van der Waals surface area (Å²) in [5.41, 5.74) is 2.49. The van der Waals surface area contributed by atoms with E-state index < -0.39 is 11.3 Å². The van der Waals surface area contributed by atoms with E-state index in [1.54, 1.807) is 30.4 Å². The number of pyridine rings is 1. The molecular formula is C14H14N4O3S. The zero-order chi connectivity index (χ0) is 15.5. The molecule has 0 amide bonds. The van der Waals surface area contributed by atoms with Crippen molar-refractivity contribution in [3.05, 3.63) is 48.4 Å². The van der Waals surface area contributed by atoms with Gasteiger partial charge in [0.25, 0.3) is 0 Å². The normalized spacial score (nSPS) is 12.5. The fourth-order valence-corrected chi connectivity index (χ4v) is 2.46. The summed E-state index contributed by atoms with van der Waals surface area (Å²) in [7, 11) is 1.61. The van der Waals surface area contributed by atoms with Crippen molar-refractivity contribution in [2.24, 2.45) is 0 Å². The first-order valence-electron chi connectivity index (χ1n) is 6.48. The third kappa shape index (κ3) is 2.98. The summed E-state index contributed by atoms with van der Waals surface area (Å²) in [6.45, 7) is 0.264. The number of aromatic nitrogens is 3. The van der Waals surface area contributed by atoms with Crippen molar-refractivity contribution in [1.29, 1.82) is 0 Å². The molecular weight excluding hydrogens is 304 g/mol. The Hall–Kier alpha value is -2.29. The summed E-state index contributed by atoms with van der Waals surface area (Å²) in [6, 6.07) is 7.52.